The van der Waals surface area contributed by atoms with Crippen molar-refractivity contribution in [2.45, 2.75) is 12.8 Å². The van der Waals surface area contributed by atoms with E-state index in [2.05, 4.69) is 16.8 Å². The molecule has 0 bridgehead atoms. The van der Waals surface area contributed by atoms with E-state index in [0.29, 0.717) is 31.0 Å². The van der Waals surface area contributed by atoms with Crippen LogP contribution >= 0.6 is 11.3 Å². The Morgan fingerprint density at radius 1 is 1.30 bits per heavy atom. The highest BCUT2D eigenvalue weighted by molar-refractivity contribution is 7.07. The van der Waals surface area contributed by atoms with Crippen LogP contribution in [0.5, 0.6) is 5.75 Å². The maximum atomic E-state index is 11.6. The molecule has 4 nitrogen and oxygen atoms in total. The molecule has 2 aromatic rings. The van der Waals surface area contributed by atoms with Gasteiger partial charge in [0, 0.05) is 6.54 Å². The maximum absolute atomic E-state index is 11.6. The predicted molar refractivity (Wildman–Crippen MR) is 82.0 cm³/mol. The number of hydrogen-bond acceptors (Lipinski definition) is 4. The molecule has 0 radical (unpaired) electrons. The first-order chi connectivity index (χ1) is 9.75. The summed E-state index contributed by atoms with van der Waals surface area (Å²) < 4.78 is 5.48. The number of nitrogens with one attached hydrogen (secondary N) is 1. The zero-order valence-electron chi connectivity index (χ0n) is 11.2. The fourth-order valence-corrected chi connectivity index (χ4v) is 2.44. The van der Waals surface area contributed by atoms with Crippen molar-refractivity contribution in [2.24, 2.45) is 0 Å². The van der Waals surface area contributed by atoms with E-state index in [4.69, 9.17) is 10.5 Å². The van der Waals surface area contributed by atoms with Crippen molar-refractivity contribution in [3.8, 4) is 5.75 Å². The number of carbonyl (C=O) groups excluding carboxylic acids is 1. The fraction of sp³-hybridized carbons (Fsp3) is 0.267. The quantitative estimate of drug-likeness (QED) is 0.770. The minimum atomic E-state index is -0.00488. The largest absolute Gasteiger partial charge is 0.491 e. The van der Waals surface area contributed by atoms with Gasteiger partial charge in [-0.05, 0) is 40.9 Å². The van der Waals surface area contributed by atoms with E-state index in [1.807, 2.05) is 17.5 Å². The third kappa shape index (κ3) is 4.59. The molecule has 0 saturated heterocycles. The number of nitrogen functional groups attached to an aromatic ring is 1. The Bertz CT molecular complexity index is 541. The topological polar surface area (TPSA) is 64.3 Å². The Hall–Kier alpha value is -2.01. The number of anilines is 1. The molecule has 0 aliphatic heterocycles. The van der Waals surface area contributed by atoms with Crippen molar-refractivity contribution >= 4 is 22.9 Å². The molecule has 1 amide bonds. The van der Waals surface area contributed by atoms with Crippen LogP contribution in [0.2, 0.25) is 0 Å². The molecule has 1 aromatic heterocycles. The van der Waals surface area contributed by atoms with Crippen molar-refractivity contribution in [2.75, 3.05) is 18.9 Å². The lowest BCUT2D eigenvalue weighted by Gasteiger charge is -2.08. The minimum Gasteiger partial charge on any atom is -0.491 e. The Kier molecular flexibility index (Phi) is 5.43. The average Bonchev–Trinajstić information content (AvgIpc) is 2.94. The summed E-state index contributed by atoms with van der Waals surface area (Å²) in [5.41, 5.74) is 7.59. The minimum absolute atomic E-state index is 0.00488. The van der Waals surface area contributed by atoms with Crippen LogP contribution in [0.15, 0.2) is 41.1 Å². The molecule has 0 unspecified atom stereocenters. The summed E-state index contributed by atoms with van der Waals surface area (Å²) in [6, 6.07) is 9.34. The lowest BCUT2D eigenvalue weighted by molar-refractivity contribution is -0.121. The number of rotatable bonds is 7. The first-order valence-corrected chi connectivity index (χ1v) is 7.45. The standard InChI is InChI=1S/C15H18N2O2S/c16-13-3-1-2-4-14(13)19-9-6-15(18)17-8-5-12-7-10-20-11-12/h1-4,7,10-11H,5-6,8-9,16H2,(H,17,18). The van der Waals surface area contributed by atoms with Crippen LogP contribution in [0, 0.1) is 0 Å². The van der Waals surface area contributed by atoms with Crippen LogP contribution < -0.4 is 15.8 Å². The number of nitrogens with two attached hydrogens (primary N) is 1. The van der Waals surface area contributed by atoms with Gasteiger partial charge >= 0.3 is 0 Å². The normalized spacial score (nSPS) is 10.2. The first kappa shape index (κ1) is 14.4. The second kappa shape index (κ2) is 7.55. The van der Waals surface area contributed by atoms with Crippen molar-refractivity contribution < 1.29 is 9.53 Å². The summed E-state index contributed by atoms with van der Waals surface area (Å²) in [6.07, 6.45) is 1.19. The van der Waals surface area contributed by atoms with Gasteiger partial charge in [-0.1, -0.05) is 12.1 Å². The Labute approximate surface area is 122 Å². The third-order valence-corrected chi connectivity index (χ3v) is 3.55. The highest BCUT2D eigenvalue weighted by Gasteiger charge is 2.03. The summed E-state index contributed by atoms with van der Waals surface area (Å²) in [5.74, 6) is 0.619. The maximum Gasteiger partial charge on any atom is 0.223 e. The van der Waals surface area contributed by atoms with E-state index in [1.54, 1.807) is 23.5 Å². The van der Waals surface area contributed by atoms with Gasteiger partial charge in [-0.2, -0.15) is 11.3 Å². The predicted octanol–water partition coefficient (Wildman–Crippen LogP) is 2.46. The molecule has 0 atom stereocenters. The van der Waals surface area contributed by atoms with Gasteiger partial charge in [-0.3, -0.25) is 4.79 Å². The molecule has 5 heteroatoms. The van der Waals surface area contributed by atoms with E-state index < -0.39 is 0 Å². The second-order valence-electron chi connectivity index (χ2n) is 4.37. The number of amides is 1. The number of benzene rings is 1. The van der Waals surface area contributed by atoms with Gasteiger partial charge in [-0.25, -0.2) is 0 Å². The average molecular weight is 290 g/mol. The molecule has 0 fully saturated rings. The molecule has 0 saturated carbocycles. The van der Waals surface area contributed by atoms with Crippen molar-refractivity contribution in [3.63, 3.8) is 0 Å². The van der Waals surface area contributed by atoms with Crippen molar-refractivity contribution in [1.82, 2.24) is 5.32 Å². The summed E-state index contributed by atoms with van der Waals surface area (Å²) in [7, 11) is 0. The van der Waals surface area contributed by atoms with Gasteiger partial charge < -0.3 is 15.8 Å². The molecule has 1 heterocycles. The molecule has 106 valence electrons. The van der Waals surface area contributed by atoms with Gasteiger partial charge in [0.2, 0.25) is 5.91 Å². The van der Waals surface area contributed by atoms with E-state index in [9.17, 15) is 4.79 Å². The van der Waals surface area contributed by atoms with E-state index in [-0.39, 0.29) is 5.91 Å². The van der Waals surface area contributed by atoms with Crippen LogP contribution in [0.25, 0.3) is 0 Å². The number of carbonyl (C=O) groups is 1. The highest BCUT2D eigenvalue weighted by Crippen LogP contribution is 2.19. The SMILES string of the molecule is Nc1ccccc1OCCC(=O)NCCc1ccsc1. The Balaban J connectivity index is 1.62. The Morgan fingerprint density at radius 2 is 2.15 bits per heavy atom. The fourth-order valence-electron chi connectivity index (χ4n) is 1.74. The van der Waals surface area contributed by atoms with Gasteiger partial charge in [0.1, 0.15) is 5.75 Å². The highest BCUT2D eigenvalue weighted by atomic mass is 32.1. The van der Waals surface area contributed by atoms with Crippen molar-refractivity contribution in [3.05, 3.63) is 46.7 Å². The molecule has 0 aliphatic rings. The molecule has 3 N–H and O–H groups in total. The van der Waals surface area contributed by atoms with E-state index >= 15 is 0 Å². The number of para-hydroxylation sites is 2. The van der Waals surface area contributed by atoms with Crippen LogP contribution in [-0.2, 0) is 11.2 Å². The zero-order chi connectivity index (χ0) is 14.2. The molecule has 0 aliphatic carbocycles. The molecular weight excluding hydrogens is 272 g/mol. The Morgan fingerprint density at radius 3 is 2.90 bits per heavy atom. The lowest BCUT2D eigenvalue weighted by Crippen LogP contribution is -2.26. The molecule has 20 heavy (non-hydrogen) atoms. The number of ether oxygens (including phenoxy) is 1. The third-order valence-electron chi connectivity index (χ3n) is 2.82. The van der Waals surface area contributed by atoms with Crippen LogP contribution in [-0.4, -0.2) is 19.1 Å². The van der Waals surface area contributed by atoms with Gasteiger partial charge in [0.25, 0.3) is 0 Å². The summed E-state index contributed by atoms with van der Waals surface area (Å²) in [6.45, 7) is 0.988. The number of hydrogen-bond donors (Lipinski definition) is 2. The zero-order valence-corrected chi connectivity index (χ0v) is 12.0. The molecule has 1 aromatic carbocycles. The molecule has 0 spiro atoms. The second-order valence-corrected chi connectivity index (χ2v) is 5.15. The summed E-state index contributed by atoms with van der Waals surface area (Å²) >= 11 is 1.67. The first-order valence-electron chi connectivity index (χ1n) is 6.51. The van der Waals surface area contributed by atoms with Gasteiger partial charge in [-0.15, -0.1) is 0 Å². The van der Waals surface area contributed by atoms with Crippen LogP contribution in [0.4, 0.5) is 5.69 Å². The summed E-state index contributed by atoms with van der Waals surface area (Å²) in [5, 5.41) is 7.00. The van der Waals surface area contributed by atoms with E-state index in [1.165, 1.54) is 5.56 Å². The molecule has 2 rings (SSSR count). The lowest BCUT2D eigenvalue weighted by atomic mass is 10.2. The summed E-state index contributed by atoms with van der Waals surface area (Å²) in [4.78, 5) is 11.6. The van der Waals surface area contributed by atoms with Gasteiger partial charge in [0.15, 0.2) is 0 Å². The monoisotopic (exact) mass is 290 g/mol. The van der Waals surface area contributed by atoms with Crippen LogP contribution in [0.3, 0.4) is 0 Å². The van der Waals surface area contributed by atoms with Gasteiger partial charge in [0.05, 0.1) is 18.7 Å². The van der Waals surface area contributed by atoms with E-state index in [0.717, 1.165) is 6.42 Å². The molecular formula is C15H18N2O2S. The van der Waals surface area contributed by atoms with Crippen LogP contribution in [0.1, 0.15) is 12.0 Å². The van der Waals surface area contributed by atoms with Crippen molar-refractivity contribution in [1.29, 1.82) is 0 Å². The smallest absolute Gasteiger partial charge is 0.223 e. The number of thiophene rings is 1.